The fourth-order valence-electron chi connectivity index (χ4n) is 1.44. The molecule has 0 aromatic carbocycles. The van der Waals surface area contributed by atoms with Crippen LogP contribution >= 0.6 is 12.6 Å². The summed E-state index contributed by atoms with van der Waals surface area (Å²) in [4.78, 5) is 13.1. The molecule has 3 nitrogen and oxygen atoms in total. The third-order valence-electron chi connectivity index (χ3n) is 2.18. The van der Waals surface area contributed by atoms with Gasteiger partial charge in [0, 0.05) is 12.6 Å². The molecule has 0 aromatic rings. The molecule has 0 rings (SSSR count). The lowest BCUT2D eigenvalue weighted by molar-refractivity contribution is -0.131. The zero-order valence-corrected chi connectivity index (χ0v) is 9.26. The maximum atomic E-state index is 11.4. The van der Waals surface area contributed by atoms with Crippen LogP contribution in [0.2, 0.25) is 0 Å². The first kappa shape index (κ1) is 12.8. The summed E-state index contributed by atoms with van der Waals surface area (Å²) in [5.74, 6) is 0.224. The molecular formula is C9H19NO2S. The number of aliphatic hydroxyl groups excluding tert-OH is 1. The van der Waals surface area contributed by atoms with Crippen molar-refractivity contribution in [2.75, 3.05) is 18.9 Å². The lowest BCUT2D eigenvalue weighted by Crippen LogP contribution is -2.42. The highest BCUT2D eigenvalue weighted by molar-refractivity contribution is 7.81. The van der Waals surface area contributed by atoms with E-state index in [-0.39, 0.29) is 24.3 Å². The van der Waals surface area contributed by atoms with Crippen LogP contribution in [0.15, 0.2) is 0 Å². The largest absolute Gasteiger partial charge is 0.395 e. The molecule has 78 valence electrons. The Bertz CT molecular complexity index is 149. The average Bonchev–Trinajstić information content (AvgIpc) is 2.17. The van der Waals surface area contributed by atoms with E-state index in [9.17, 15) is 4.79 Å². The van der Waals surface area contributed by atoms with Crippen LogP contribution in [0.25, 0.3) is 0 Å². The number of hydrogen-bond acceptors (Lipinski definition) is 3. The van der Waals surface area contributed by atoms with E-state index in [0.29, 0.717) is 6.54 Å². The number of carbonyl (C=O) groups is 1. The van der Waals surface area contributed by atoms with Crippen LogP contribution in [-0.2, 0) is 4.79 Å². The predicted molar refractivity (Wildman–Crippen MR) is 57.0 cm³/mol. The van der Waals surface area contributed by atoms with Gasteiger partial charge in [0.15, 0.2) is 0 Å². The minimum absolute atomic E-state index is 0.00563. The van der Waals surface area contributed by atoms with Gasteiger partial charge in [-0.25, -0.2) is 0 Å². The first-order valence-electron chi connectivity index (χ1n) is 4.72. The first-order valence-corrected chi connectivity index (χ1v) is 5.35. The smallest absolute Gasteiger partial charge is 0.232 e. The van der Waals surface area contributed by atoms with Crippen LogP contribution in [-0.4, -0.2) is 40.9 Å². The van der Waals surface area contributed by atoms with Crippen molar-refractivity contribution in [3.8, 4) is 0 Å². The van der Waals surface area contributed by atoms with Crippen LogP contribution in [0.3, 0.4) is 0 Å². The summed E-state index contributed by atoms with van der Waals surface area (Å²) in [6.07, 6.45) is 1.85. The third kappa shape index (κ3) is 4.00. The molecule has 0 atom stereocenters. The second kappa shape index (κ2) is 7.21. The number of hydrogen-bond donors (Lipinski definition) is 2. The van der Waals surface area contributed by atoms with E-state index in [1.165, 1.54) is 0 Å². The number of amides is 1. The van der Waals surface area contributed by atoms with Gasteiger partial charge < -0.3 is 10.0 Å². The van der Waals surface area contributed by atoms with Gasteiger partial charge in [0.25, 0.3) is 0 Å². The van der Waals surface area contributed by atoms with Gasteiger partial charge in [-0.15, -0.1) is 0 Å². The first-order chi connectivity index (χ1) is 6.21. The Labute approximate surface area is 85.5 Å². The molecule has 0 aromatic heterocycles. The minimum atomic E-state index is 0.00563. The van der Waals surface area contributed by atoms with Crippen LogP contribution in [0.5, 0.6) is 0 Å². The van der Waals surface area contributed by atoms with Crippen LogP contribution in [0.1, 0.15) is 26.7 Å². The Hall–Kier alpha value is -0.220. The van der Waals surface area contributed by atoms with E-state index in [2.05, 4.69) is 12.6 Å². The van der Waals surface area contributed by atoms with Crippen molar-refractivity contribution in [2.24, 2.45) is 0 Å². The summed E-state index contributed by atoms with van der Waals surface area (Å²) in [5.41, 5.74) is 0. The van der Waals surface area contributed by atoms with Gasteiger partial charge >= 0.3 is 0 Å². The van der Waals surface area contributed by atoms with E-state index < -0.39 is 0 Å². The van der Waals surface area contributed by atoms with Gasteiger partial charge in [-0.3, -0.25) is 4.79 Å². The van der Waals surface area contributed by atoms with Gasteiger partial charge in [0.05, 0.1) is 12.4 Å². The average molecular weight is 205 g/mol. The van der Waals surface area contributed by atoms with Crippen molar-refractivity contribution < 1.29 is 9.90 Å². The Morgan fingerprint density at radius 2 is 2.00 bits per heavy atom. The molecule has 0 radical (unpaired) electrons. The third-order valence-corrected chi connectivity index (χ3v) is 2.45. The summed E-state index contributed by atoms with van der Waals surface area (Å²) in [6.45, 7) is 4.54. The fraction of sp³-hybridized carbons (Fsp3) is 0.889. The molecular weight excluding hydrogens is 186 g/mol. The molecule has 1 N–H and O–H groups in total. The Morgan fingerprint density at radius 1 is 1.46 bits per heavy atom. The van der Waals surface area contributed by atoms with Crippen molar-refractivity contribution in [2.45, 2.75) is 32.7 Å². The zero-order valence-electron chi connectivity index (χ0n) is 8.36. The quantitative estimate of drug-likeness (QED) is 0.633. The van der Waals surface area contributed by atoms with Crippen molar-refractivity contribution in [3.63, 3.8) is 0 Å². The lowest BCUT2D eigenvalue weighted by Gasteiger charge is -2.29. The minimum Gasteiger partial charge on any atom is -0.395 e. The molecule has 4 heteroatoms. The molecule has 13 heavy (non-hydrogen) atoms. The molecule has 1 amide bonds. The molecule has 0 aliphatic heterocycles. The zero-order chi connectivity index (χ0) is 10.3. The molecule has 0 aliphatic carbocycles. The van der Waals surface area contributed by atoms with Crippen molar-refractivity contribution in [1.82, 2.24) is 4.90 Å². The number of rotatable bonds is 6. The summed E-state index contributed by atoms with van der Waals surface area (Å²) in [6, 6.07) is 0.242. The van der Waals surface area contributed by atoms with Gasteiger partial charge in [-0.1, -0.05) is 13.8 Å². The second-order valence-electron chi connectivity index (χ2n) is 2.94. The SMILES string of the molecule is CCC(CC)N(CCO)C(=O)CS. The van der Waals surface area contributed by atoms with Crippen LogP contribution in [0.4, 0.5) is 0 Å². The molecule has 0 aliphatic rings. The lowest BCUT2D eigenvalue weighted by atomic mass is 10.1. The van der Waals surface area contributed by atoms with Gasteiger partial charge in [-0.05, 0) is 12.8 Å². The molecule has 0 unspecified atom stereocenters. The highest BCUT2D eigenvalue weighted by Gasteiger charge is 2.18. The van der Waals surface area contributed by atoms with Crippen molar-refractivity contribution in [1.29, 1.82) is 0 Å². The predicted octanol–water partition coefficient (Wildman–Crippen LogP) is 0.926. The Kier molecular flexibility index (Phi) is 7.09. The highest BCUT2D eigenvalue weighted by Crippen LogP contribution is 2.08. The van der Waals surface area contributed by atoms with Gasteiger partial charge in [0.1, 0.15) is 0 Å². The molecule has 0 heterocycles. The number of aliphatic hydroxyl groups is 1. The second-order valence-corrected chi connectivity index (χ2v) is 3.26. The highest BCUT2D eigenvalue weighted by atomic mass is 32.1. The number of thiol groups is 1. The molecule has 0 spiro atoms. The van der Waals surface area contributed by atoms with Crippen molar-refractivity contribution in [3.05, 3.63) is 0 Å². The van der Waals surface area contributed by atoms with E-state index in [4.69, 9.17) is 5.11 Å². The standard InChI is InChI=1S/C9H19NO2S/c1-3-8(4-2)10(5-6-11)9(12)7-13/h8,11,13H,3-7H2,1-2H3. The van der Waals surface area contributed by atoms with Crippen molar-refractivity contribution >= 4 is 18.5 Å². The Morgan fingerprint density at radius 3 is 2.31 bits per heavy atom. The number of carbonyl (C=O) groups excluding carboxylic acids is 1. The molecule has 0 fully saturated rings. The monoisotopic (exact) mass is 205 g/mol. The molecule has 0 saturated heterocycles. The topological polar surface area (TPSA) is 40.5 Å². The van der Waals surface area contributed by atoms with Gasteiger partial charge in [-0.2, -0.15) is 12.6 Å². The number of nitrogens with zero attached hydrogens (tertiary/aromatic N) is 1. The van der Waals surface area contributed by atoms with E-state index in [1.807, 2.05) is 13.8 Å². The van der Waals surface area contributed by atoms with E-state index >= 15 is 0 Å². The summed E-state index contributed by atoms with van der Waals surface area (Å²) in [7, 11) is 0. The summed E-state index contributed by atoms with van der Waals surface area (Å²) >= 11 is 3.95. The van der Waals surface area contributed by atoms with E-state index in [1.54, 1.807) is 4.90 Å². The Balaban J connectivity index is 4.28. The maximum absolute atomic E-state index is 11.4. The van der Waals surface area contributed by atoms with Gasteiger partial charge in [0.2, 0.25) is 5.91 Å². The maximum Gasteiger partial charge on any atom is 0.232 e. The summed E-state index contributed by atoms with van der Waals surface area (Å²) < 4.78 is 0. The fourth-order valence-corrected chi connectivity index (χ4v) is 1.62. The van der Waals surface area contributed by atoms with Crippen LogP contribution < -0.4 is 0 Å². The molecule has 0 saturated carbocycles. The summed E-state index contributed by atoms with van der Waals surface area (Å²) in [5, 5.41) is 8.80. The van der Waals surface area contributed by atoms with E-state index in [0.717, 1.165) is 12.8 Å². The molecule has 0 bridgehead atoms. The normalized spacial score (nSPS) is 10.5. The van der Waals surface area contributed by atoms with Crippen LogP contribution in [0, 0.1) is 0 Å².